The van der Waals surface area contributed by atoms with Crippen molar-refractivity contribution in [2.75, 3.05) is 30.6 Å². The Morgan fingerprint density at radius 2 is 1.09 bits per heavy atom. The van der Waals surface area contributed by atoms with Gasteiger partial charge in [0.05, 0.1) is 6.10 Å². The lowest BCUT2D eigenvalue weighted by atomic mass is 9.97. The van der Waals surface area contributed by atoms with Crippen LogP contribution in [-0.4, -0.2) is 131 Å². The third-order valence-corrected chi connectivity index (χ3v) is 9.61. The lowest BCUT2D eigenvalue weighted by Gasteiger charge is -2.29. The van der Waals surface area contributed by atoms with Crippen LogP contribution < -0.4 is 54.8 Å². The van der Waals surface area contributed by atoms with E-state index in [-0.39, 0.29) is 51.0 Å². The number of nitrogens with one attached hydrogen (secondary N) is 6. The highest BCUT2D eigenvalue weighted by atomic mass is 32.2. The maximum absolute atomic E-state index is 13.8. The van der Waals surface area contributed by atoms with E-state index in [0.29, 0.717) is 17.9 Å². The maximum Gasteiger partial charge on any atom is 0.245 e. The average Bonchev–Trinajstić information content (AvgIpc) is 3.11. The summed E-state index contributed by atoms with van der Waals surface area (Å²) in [6.07, 6.45) is 2.82. The molecule has 0 fully saturated rings. The summed E-state index contributed by atoms with van der Waals surface area (Å²) in [7, 11) is 0. The minimum atomic E-state index is -1.36. The first-order chi connectivity index (χ1) is 25.8. The topological polar surface area (TPSA) is 345 Å². The molecule has 20 nitrogen and oxygen atoms in total. The quantitative estimate of drug-likeness (QED) is 0.0209. The van der Waals surface area contributed by atoms with E-state index in [2.05, 4.69) is 36.9 Å². The molecular formula is C33H61N11O9S2. The molecule has 0 aliphatic heterocycles. The molecule has 22 heteroatoms. The molecule has 0 aromatic carbocycles. The molecule has 15 N–H and O–H groups in total. The van der Waals surface area contributed by atoms with Crippen LogP contribution in [0.2, 0.25) is 0 Å². The molecule has 8 atom stereocenters. The van der Waals surface area contributed by atoms with Gasteiger partial charge >= 0.3 is 0 Å². The van der Waals surface area contributed by atoms with Crippen molar-refractivity contribution in [1.29, 1.82) is 0 Å². The number of amides is 8. The number of hydrogen-bond donors (Lipinski definition) is 11. The predicted molar refractivity (Wildman–Crippen MR) is 212 cm³/mol. The number of thioether (sulfide) groups is 2. The smallest absolute Gasteiger partial charge is 0.245 e. The molecule has 8 amide bonds. The van der Waals surface area contributed by atoms with Gasteiger partial charge < -0.3 is 59.9 Å². The van der Waals surface area contributed by atoms with Gasteiger partial charge in [-0.25, -0.2) is 0 Å². The Morgan fingerprint density at radius 3 is 1.49 bits per heavy atom. The maximum atomic E-state index is 13.8. The van der Waals surface area contributed by atoms with Crippen molar-refractivity contribution in [3.05, 3.63) is 0 Å². The molecule has 0 saturated carbocycles. The van der Waals surface area contributed by atoms with Gasteiger partial charge in [0.25, 0.3) is 0 Å². The molecule has 0 rings (SSSR count). The summed E-state index contributed by atoms with van der Waals surface area (Å²) < 4.78 is 0. The molecule has 0 aliphatic carbocycles. The number of aliphatic hydroxyl groups is 1. The molecule has 0 bridgehead atoms. The van der Waals surface area contributed by atoms with Crippen LogP contribution in [-0.2, 0) is 38.4 Å². The summed E-state index contributed by atoms with van der Waals surface area (Å²) in [5.41, 5.74) is 21.4. The monoisotopic (exact) mass is 819 g/mol. The largest absolute Gasteiger partial charge is 0.391 e. The van der Waals surface area contributed by atoms with Gasteiger partial charge in [0.2, 0.25) is 47.3 Å². The lowest BCUT2D eigenvalue weighted by Crippen LogP contribution is -2.61. The second kappa shape index (κ2) is 27.3. The Kier molecular flexibility index (Phi) is 25.2. The normalized spacial score (nSPS) is 15.3. The number of primary amides is 2. The molecule has 0 heterocycles. The van der Waals surface area contributed by atoms with E-state index >= 15 is 0 Å². The van der Waals surface area contributed by atoms with E-state index in [4.69, 9.17) is 22.9 Å². The van der Waals surface area contributed by atoms with Gasteiger partial charge in [-0.2, -0.15) is 23.5 Å². The van der Waals surface area contributed by atoms with Crippen LogP contribution in [0.25, 0.3) is 0 Å². The number of aliphatic hydroxyl groups excluding tert-OH is 1. The third kappa shape index (κ3) is 20.8. The number of aliphatic imine (C=N–C) groups is 1. The minimum absolute atomic E-state index is 0.0713. The van der Waals surface area contributed by atoms with Crippen molar-refractivity contribution >= 4 is 76.7 Å². The zero-order valence-corrected chi connectivity index (χ0v) is 34.1. The fourth-order valence-electron chi connectivity index (χ4n) is 5.00. The minimum Gasteiger partial charge on any atom is -0.391 e. The van der Waals surface area contributed by atoms with Crippen molar-refractivity contribution in [2.24, 2.45) is 33.8 Å². The summed E-state index contributed by atoms with van der Waals surface area (Å²) in [5, 5.41) is 25.4. The predicted octanol–water partition coefficient (Wildman–Crippen LogP) is -3.35. The van der Waals surface area contributed by atoms with Gasteiger partial charge in [0.15, 0.2) is 5.96 Å². The number of nitrogens with two attached hydrogens (primary N) is 4. The second-order valence-corrected chi connectivity index (χ2v) is 14.9. The fraction of sp³-hybridized carbons (Fsp3) is 0.727. The molecule has 314 valence electrons. The van der Waals surface area contributed by atoms with Crippen molar-refractivity contribution in [2.45, 2.75) is 115 Å². The van der Waals surface area contributed by atoms with E-state index in [1.165, 1.54) is 37.4 Å². The zero-order valence-electron chi connectivity index (χ0n) is 32.5. The molecule has 0 spiro atoms. The Hall–Kier alpha value is -4.31. The SMILES string of the molecule is CCC(C)[C@H](NC(=O)[C@@H](NC(C)=O)C(C)O)C(=O)N[C@@H](CCSC)C(=O)N[C@@H](CCSC)C(=O)N[C@@H](CCC(N)=O)C(=O)N[C@@H](CCCN=C(N)N)C(N)=O. The van der Waals surface area contributed by atoms with Crippen molar-refractivity contribution in [1.82, 2.24) is 31.9 Å². The summed E-state index contributed by atoms with van der Waals surface area (Å²) in [6.45, 7) is 6.16. The average molecular weight is 820 g/mol. The number of carbonyl (C=O) groups excluding carboxylic acids is 8. The van der Waals surface area contributed by atoms with E-state index in [0.717, 1.165) is 0 Å². The van der Waals surface area contributed by atoms with E-state index in [1.807, 2.05) is 0 Å². The first kappa shape index (κ1) is 50.7. The zero-order chi connectivity index (χ0) is 42.2. The number of rotatable bonds is 28. The molecule has 0 aliphatic rings. The van der Waals surface area contributed by atoms with Crippen LogP contribution in [0, 0.1) is 5.92 Å². The van der Waals surface area contributed by atoms with Crippen LogP contribution in [0.15, 0.2) is 4.99 Å². The summed E-state index contributed by atoms with van der Waals surface area (Å²) >= 11 is 2.79. The molecule has 2 unspecified atom stereocenters. The van der Waals surface area contributed by atoms with Gasteiger partial charge in [0.1, 0.15) is 36.3 Å². The fourth-order valence-corrected chi connectivity index (χ4v) is 5.94. The number of nitrogens with zero attached hydrogens (tertiary/aromatic N) is 1. The number of guanidine groups is 1. The number of carbonyl (C=O) groups is 8. The van der Waals surface area contributed by atoms with Gasteiger partial charge in [-0.1, -0.05) is 20.3 Å². The summed E-state index contributed by atoms with van der Waals surface area (Å²) in [4.78, 5) is 107. The molecule has 0 saturated heterocycles. The van der Waals surface area contributed by atoms with Crippen molar-refractivity contribution < 1.29 is 43.5 Å². The molecule has 0 radical (unpaired) electrons. The first-order valence-corrected chi connectivity index (χ1v) is 20.7. The lowest BCUT2D eigenvalue weighted by molar-refractivity contribution is -0.136. The highest BCUT2D eigenvalue weighted by molar-refractivity contribution is 7.98. The van der Waals surface area contributed by atoms with Crippen LogP contribution >= 0.6 is 23.5 Å². The van der Waals surface area contributed by atoms with Crippen LogP contribution in [0.1, 0.15) is 72.6 Å². The number of hydrogen-bond acceptors (Lipinski definition) is 12. The Labute approximate surface area is 330 Å². The standard InChI is InChI=1S/C33H61N11O9S2/c1-7-17(2)25(44-32(53)26(18(3)45)39-19(4)46)31(52)43-23(13-16-55-6)30(51)42-22(12-15-54-5)29(50)41-21(10-11-24(34)47)28(49)40-20(27(35)48)9-8-14-38-33(36)37/h17-18,20-23,25-26,45H,7-16H2,1-6H3,(H2,34,47)(H2,35,48)(H,39,46)(H,40,49)(H,41,50)(H,42,51)(H,43,52)(H,44,53)(H4,36,37,38)/t17?,18?,20-,21-,22-,23-,25-,26-/m0/s1. The van der Waals surface area contributed by atoms with Crippen LogP contribution in [0.4, 0.5) is 0 Å². The summed E-state index contributed by atoms with van der Waals surface area (Å²) in [6, 6.07) is -7.39. The van der Waals surface area contributed by atoms with Gasteiger partial charge in [-0.05, 0) is 69.0 Å². The van der Waals surface area contributed by atoms with Gasteiger partial charge in [-0.3, -0.25) is 43.3 Å². The van der Waals surface area contributed by atoms with Crippen LogP contribution in [0.5, 0.6) is 0 Å². The summed E-state index contributed by atoms with van der Waals surface area (Å²) in [5.74, 6) is -5.75. The first-order valence-electron chi connectivity index (χ1n) is 17.9. The molecule has 55 heavy (non-hydrogen) atoms. The van der Waals surface area contributed by atoms with Gasteiger partial charge in [-0.15, -0.1) is 0 Å². The molecule has 0 aromatic heterocycles. The van der Waals surface area contributed by atoms with Crippen molar-refractivity contribution in [3.8, 4) is 0 Å². The Morgan fingerprint density at radius 1 is 0.636 bits per heavy atom. The van der Waals surface area contributed by atoms with Crippen LogP contribution in [0.3, 0.4) is 0 Å². The highest BCUT2D eigenvalue weighted by Gasteiger charge is 2.35. The van der Waals surface area contributed by atoms with E-state index in [1.54, 1.807) is 26.4 Å². The van der Waals surface area contributed by atoms with E-state index in [9.17, 15) is 43.5 Å². The Bertz CT molecular complexity index is 1340. The third-order valence-electron chi connectivity index (χ3n) is 8.32. The van der Waals surface area contributed by atoms with Gasteiger partial charge in [0, 0.05) is 19.9 Å². The molecule has 0 aromatic rings. The van der Waals surface area contributed by atoms with Crippen molar-refractivity contribution in [3.63, 3.8) is 0 Å². The second-order valence-electron chi connectivity index (χ2n) is 13.0. The highest BCUT2D eigenvalue weighted by Crippen LogP contribution is 2.12. The molecular weight excluding hydrogens is 759 g/mol. The van der Waals surface area contributed by atoms with E-state index < -0.39 is 95.5 Å². The Balaban J connectivity index is 6.26.